The van der Waals surface area contributed by atoms with Crippen molar-refractivity contribution in [2.24, 2.45) is 11.7 Å². The van der Waals surface area contributed by atoms with Gasteiger partial charge in [-0.15, -0.1) is 0 Å². The molecule has 1 aliphatic heterocycles. The van der Waals surface area contributed by atoms with Crippen LogP contribution >= 0.6 is 0 Å². The molecule has 1 heterocycles. The van der Waals surface area contributed by atoms with Crippen LogP contribution in [0.25, 0.3) is 0 Å². The van der Waals surface area contributed by atoms with Crippen LogP contribution in [-0.2, 0) is 21.5 Å². The number of nitrogens with zero attached hydrogens (tertiary/aromatic N) is 1. The second-order valence-electron chi connectivity index (χ2n) is 5.76. The minimum absolute atomic E-state index is 0.0695. The van der Waals surface area contributed by atoms with Crippen molar-refractivity contribution in [2.45, 2.75) is 31.2 Å². The SMILES string of the molecule is CN(Cc1ccccc1)S(=O)(=O)NC1C(N)C2CCOC21. The van der Waals surface area contributed by atoms with Crippen molar-refractivity contribution >= 4 is 10.2 Å². The highest BCUT2D eigenvalue weighted by Gasteiger charge is 2.53. The van der Waals surface area contributed by atoms with Gasteiger partial charge in [0, 0.05) is 32.2 Å². The molecule has 0 bridgehead atoms. The molecule has 3 N–H and O–H groups in total. The van der Waals surface area contributed by atoms with E-state index < -0.39 is 10.2 Å². The van der Waals surface area contributed by atoms with Gasteiger partial charge >= 0.3 is 0 Å². The molecule has 1 aliphatic carbocycles. The zero-order valence-electron chi connectivity index (χ0n) is 12.0. The van der Waals surface area contributed by atoms with Crippen LogP contribution in [0.3, 0.4) is 0 Å². The zero-order valence-corrected chi connectivity index (χ0v) is 12.8. The Morgan fingerprint density at radius 1 is 1.38 bits per heavy atom. The number of ether oxygens (including phenoxy) is 1. The molecule has 4 atom stereocenters. The van der Waals surface area contributed by atoms with Crippen molar-refractivity contribution in [3.8, 4) is 0 Å². The maximum atomic E-state index is 12.4. The van der Waals surface area contributed by atoms with E-state index in [0.717, 1.165) is 12.0 Å². The summed E-state index contributed by atoms with van der Waals surface area (Å²) in [5.41, 5.74) is 6.99. The van der Waals surface area contributed by atoms with E-state index in [4.69, 9.17) is 10.5 Å². The number of fused-ring (bicyclic) bond motifs is 1. The van der Waals surface area contributed by atoms with Crippen molar-refractivity contribution in [1.82, 2.24) is 9.03 Å². The first-order valence-corrected chi connectivity index (χ1v) is 8.58. The maximum absolute atomic E-state index is 12.4. The van der Waals surface area contributed by atoms with Crippen LogP contribution in [0.15, 0.2) is 30.3 Å². The summed E-state index contributed by atoms with van der Waals surface area (Å²) >= 11 is 0. The average molecular weight is 311 g/mol. The summed E-state index contributed by atoms with van der Waals surface area (Å²) in [6.45, 7) is 0.994. The highest BCUT2D eigenvalue weighted by Crippen LogP contribution is 2.38. The van der Waals surface area contributed by atoms with Gasteiger partial charge in [-0.05, 0) is 12.0 Å². The number of nitrogens with one attached hydrogen (secondary N) is 1. The summed E-state index contributed by atoms with van der Waals surface area (Å²) in [6, 6.07) is 9.01. The third-order valence-electron chi connectivity index (χ3n) is 4.39. The minimum Gasteiger partial charge on any atom is -0.376 e. The molecule has 7 heteroatoms. The molecule has 21 heavy (non-hydrogen) atoms. The summed E-state index contributed by atoms with van der Waals surface area (Å²) < 4.78 is 34.3. The molecule has 1 aromatic carbocycles. The molecule has 116 valence electrons. The first-order chi connectivity index (χ1) is 9.99. The summed E-state index contributed by atoms with van der Waals surface area (Å²) in [5.74, 6) is 0.289. The van der Waals surface area contributed by atoms with Crippen LogP contribution in [0.5, 0.6) is 0 Å². The van der Waals surface area contributed by atoms with Gasteiger partial charge < -0.3 is 10.5 Å². The van der Waals surface area contributed by atoms with E-state index >= 15 is 0 Å². The van der Waals surface area contributed by atoms with Crippen LogP contribution in [0.1, 0.15) is 12.0 Å². The van der Waals surface area contributed by atoms with E-state index in [1.165, 1.54) is 4.31 Å². The monoisotopic (exact) mass is 311 g/mol. The van der Waals surface area contributed by atoms with Gasteiger partial charge in [0.1, 0.15) is 0 Å². The topological polar surface area (TPSA) is 84.7 Å². The Balaban J connectivity index is 1.64. The van der Waals surface area contributed by atoms with Crippen LogP contribution in [0.2, 0.25) is 0 Å². The molecule has 1 saturated carbocycles. The molecule has 2 fully saturated rings. The number of benzene rings is 1. The molecule has 4 unspecified atom stereocenters. The van der Waals surface area contributed by atoms with Gasteiger partial charge in [-0.1, -0.05) is 30.3 Å². The fraction of sp³-hybridized carbons (Fsp3) is 0.571. The lowest BCUT2D eigenvalue weighted by Gasteiger charge is -2.45. The smallest absolute Gasteiger partial charge is 0.279 e. The molecule has 1 aromatic rings. The standard InChI is InChI=1S/C14H21N3O3S/c1-17(9-10-5-3-2-4-6-10)21(18,19)16-13-12(15)11-7-8-20-14(11)13/h2-6,11-14,16H,7-9,15H2,1H3. The zero-order chi connectivity index (χ0) is 15.0. The Hall–Kier alpha value is -0.990. The average Bonchev–Trinajstić information content (AvgIpc) is 2.91. The van der Waals surface area contributed by atoms with Gasteiger partial charge in [-0.3, -0.25) is 0 Å². The Bertz CT molecular complexity index is 593. The fourth-order valence-corrected chi connectivity index (χ4v) is 4.22. The summed E-state index contributed by atoms with van der Waals surface area (Å²) in [6.07, 6.45) is 0.851. The van der Waals surface area contributed by atoms with Gasteiger partial charge in [0.2, 0.25) is 0 Å². The van der Waals surface area contributed by atoms with Crippen molar-refractivity contribution in [2.75, 3.05) is 13.7 Å². The summed E-state index contributed by atoms with van der Waals surface area (Å²) in [4.78, 5) is 0. The van der Waals surface area contributed by atoms with Crippen LogP contribution in [-0.4, -0.2) is 44.6 Å². The van der Waals surface area contributed by atoms with E-state index in [2.05, 4.69) is 4.72 Å². The lowest BCUT2D eigenvalue weighted by atomic mass is 9.73. The molecular weight excluding hydrogens is 290 g/mol. The van der Waals surface area contributed by atoms with Gasteiger partial charge in [0.05, 0.1) is 12.1 Å². The van der Waals surface area contributed by atoms with Crippen LogP contribution < -0.4 is 10.5 Å². The van der Waals surface area contributed by atoms with E-state index in [9.17, 15) is 8.42 Å². The second kappa shape index (κ2) is 5.66. The van der Waals surface area contributed by atoms with Gasteiger partial charge in [0.15, 0.2) is 0 Å². The predicted octanol–water partition coefficient (Wildman–Crippen LogP) is 0.0674. The van der Waals surface area contributed by atoms with Gasteiger partial charge in [-0.25, -0.2) is 0 Å². The number of nitrogens with two attached hydrogens (primary N) is 1. The Labute approximate surface area is 125 Å². The number of hydrogen-bond acceptors (Lipinski definition) is 4. The highest BCUT2D eigenvalue weighted by molar-refractivity contribution is 7.87. The second-order valence-corrected chi connectivity index (χ2v) is 7.56. The third-order valence-corrected chi connectivity index (χ3v) is 5.91. The molecular formula is C14H21N3O3S. The Kier molecular flexibility index (Phi) is 4.02. The first kappa shape index (κ1) is 14.9. The quantitative estimate of drug-likeness (QED) is 0.806. The Morgan fingerprint density at radius 2 is 2.10 bits per heavy atom. The van der Waals surface area contributed by atoms with E-state index in [1.54, 1.807) is 7.05 Å². The third kappa shape index (κ3) is 2.84. The molecule has 0 spiro atoms. The van der Waals surface area contributed by atoms with Crippen LogP contribution in [0, 0.1) is 5.92 Å². The molecule has 0 amide bonds. The number of rotatable bonds is 5. The fourth-order valence-electron chi connectivity index (χ4n) is 3.08. The predicted molar refractivity (Wildman–Crippen MR) is 79.6 cm³/mol. The van der Waals surface area contributed by atoms with Crippen molar-refractivity contribution in [3.05, 3.63) is 35.9 Å². The summed E-state index contributed by atoms with van der Waals surface area (Å²) in [7, 11) is -2.00. The Morgan fingerprint density at radius 3 is 2.81 bits per heavy atom. The summed E-state index contributed by atoms with van der Waals surface area (Å²) in [5, 5.41) is 0. The lowest BCUT2D eigenvalue weighted by Crippen LogP contribution is -2.69. The van der Waals surface area contributed by atoms with Crippen molar-refractivity contribution < 1.29 is 13.2 Å². The number of hydrogen-bond donors (Lipinski definition) is 2. The molecule has 3 rings (SSSR count). The van der Waals surface area contributed by atoms with E-state index in [0.29, 0.717) is 13.2 Å². The van der Waals surface area contributed by atoms with Crippen LogP contribution in [0.4, 0.5) is 0 Å². The molecule has 0 aromatic heterocycles. The van der Waals surface area contributed by atoms with E-state index in [-0.39, 0.29) is 24.1 Å². The molecule has 0 radical (unpaired) electrons. The van der Waals surface area contributed by atoms with Crippen molar-refractivity contribution in [3.63, 3.8) is 0 Å². The highest BCUT2D eigenvalue weighted by atomic mass is 32.2. The van der Waals surface area contributed by atoms with E-state index in [1.807, 2.05) is 30.3 Å². The van der Waals surface area contributed by atoms with Crippen molar-refractivity contribution in [1.29, 1.82) is 0 Å². The first-order valence-electron chi connectivity index (χ1n) is 7.14. The largest absolute Gasteiger partial charge is 0.376 e. The normalized spacial score (nSPS) is 32.0. The molecule has 1 saturated heterocycles. The van der Waals surface area contributed by atoms with Gasteiger partial charge in [-0.2, -0.15) is 17.4 Å². The lowest BCUT2D eigenvalue weighted by molar-refractivity contribution is -0.00976. The molecule has 2 aliphatic rings. The van der Waals surface area contributed by atoms with Gasteiger partial charge in [0.25, 0.3) is 10.2 Å². The minimum atomic E-state index is -3.57. The molecule has 6 nitrogen and oxygen atoms in total. The maximum Gasteiger partial charge on any atom is 0.279 e.